The average molecular weight is 428 g/mol. The summed E-state index contributed by atoms with van der Waals surface area (Å²) in [7, 11) is 1.38. The average Bonchev–Trinajstić information content (AvgIpc) is 3.12. The molecule has 0 saturated heterocycles. The smallest absolute Gasteiger partial charge is 0.315 e. The predicted molar refractivity (Wildman–Crippen MR) is 116 cm³/mol. The van der Waals surface area contributed by atoms with E-state index in [0.29, 0.717) is 29.1 Å². The molecule has 1 aromatic heterocycles. The van der Waals surface area contributed by atoms with E-state index in [1.165, 1.54) is 7.11 Å². The zero-order chi connectivity index (χ0) is 20.7. The molecule has 1 aromatic carbocycles. The number of aryl methyl sites for hydroxylation is 1. The molecule has 2 aromatic rings. The van der Waals surface area contributed by atoms with Crippen LogP contribution in [0.1, 0.15) is 46.9 Å². The number of esters is 1. The number of hydrogen-bond donors (Lipinski definition) is 0. The Morgan fingerprint density at radius 2 is 1.93 bits per heavy atom. The van der Waals surface area contributed by atoms with Crippen molar-refractivity contribution in [3.05, 3.63) is 68.0 Å². The van der Waals surface area contributed by atoms with Crippen molar-refractivity contribution >= 4 is 40.4 Å². The number of ether oxygens (including phenoxy) is 1. The van der Waals surface area contributed by atoms with Crippen LogP contribution >= 0.6 is 22.9 Å². The molecule has 3 atom stereocenters. The van der Waals surface area contributed by atoms with Crippen molar-refractivity contribution in [3.63, 3.8) is 0 Å². The summed E-state index contributed by atoms with van der Waals surface area (Å²) in [6, 6.07) is 11.7. The standard InChI is InChI=1S/C23H22ClNO3S/c1-12-8-9-19(29-12)22-20(23(27)28-3)13(2)25-17-10-14(11-18(26)21(17)22)15-6-4-5-7-16(15)24/h4-9,14,20,22H,10-11H2,1-3H3. The van der Waals surface area contributed by atoms with Crippen molar-refractivity contribution in [2.45, 2.75) is 38.5 Å². The Balaban J connectivity index is 1.81. The first-order valence-electron chi connectivity index (χ1n) is 9.60. The summed E-state index contributed by atoms with van der Waals surface area (Å²) in [5, 5.41) is 0.670. The van der Waals surface area contributed by atoms with Crippen LogP contribution in [0.4, 0.5) is 0 Å². The van der Waals surface area contributed by atoms with Gasteiger partial charge in [-0.2, -0.15) is 0 Å². The van der Waals surface area contributed by atoms with E-state index in [4.69, 9.17) is 21.3 Å². The van der Waals surface area contributed by atoms with Gasteiger partial charge in [0.2, 0.25) is 0 Å². The molecule has 1 aliphatic carbocycles. The maximum absolute atomic E-state index is 13.4. The summed E-state index contributed by atoms with van der Waals surface area (Å²) in [5.41, 5.74) is 3.11. The molecule has 0 N–H and O–H groups in total. The second-order valence-corrected chi connectivity index (χ2v) is 9.32. The molecule has 6 heteroatoms. The Bertz CT molecular complexity index is 1050. The molecule has 0 bridgehead atoms. The van der Waals surface area contributed by atoms with Gasteiger partial charge in [-0.3, -0.25) is 14.6 Å². The van der Waals surface area contributed by atoms with E-state index in [-0.39, 0.29) is 23.6 Å². The van der Waals surface area contributed by atoms with Gasteiger partial charge in [0.1, 0.15) is 5.92 Å². The Labute approximate surface area is 179 Å². The molecule has 0 fully saturated rings. The number of Topliss-reactive ketones (excluding diaryl/α,β-unsaturated/α-hetero) is 1. The summed E-state index contributed by atoms with van der Waals surface area (Å²) in [6.45, 7) is 3.87. The van der Waals surface area contributed by atoms with Crippen LogP contribution in [0.15, 0.2) is 52.7 Å². The molecular formula is C23H22ClNO3S. The van der Waals surface area contributed by atoms with Gasteiger partial charge >= 0.3 is 5.97 Å². The lowest BCUT2D eigenvalue weighted by atomic mass is 9.71. The number of nitrogens with zero attached hydrogens (tertiary/aromatic N) is 1. The minimum absolute atomic E-state index is 0.00750. The molecule has 3 unspecified atom stereocenters. The predicted octanol–water partition coefficient (Wildman–Crippen LogP) is 5.46. The van der Waals surface area contributed by atoms with Crippen LogP contribution in [0.25, 0.3) is 0 Å². The molecule has 4 nitrogen and oxygen atoms in total. The van der Waals surface area contributed by atoms with Crippen LogP contribution in [-0.2, 0) is 14.3 Å². The van der Waals surface area contributed by atoms with Gasteiger partial charge in [0.05, 0.1) is 7.11 Å². The normalized spacial score (nSPS) is 24.2. The van der Waals surface area contributed by atoms with Gasteiger partial charge in [0.25, 0.3) is 0 Å². The Morgan fingerprint density at radius 3 is 2.59 bits per heavy atom. The van der Waals surface area contributed by atoms with E-state index >= 15 is 0 Å². The van der Waals surface area contributed by atoms with Crippen molar-refractivity contribution in [1.29, 1.82) is 0 Å². The number of rotatable bonds is 3. The van der Waals surface area contributed by atoms with Crippen LogP contribution in [-0.4, -0.2) is 24.6 Å². The number of thiophene rings is 1. The van der Waals surface area contributed by atoms with Crippen molar-refractivity contribution in [2.24, 2.45) is 10.9 Å². The summed E-state index contributed by atoms with van der Waals surface area (Å²) in [5.74, 6) is -1.23. The minimum Gasteiger partial charge on any atom is -0.468 e. The third-order valence-corrected chi connectivity index (χ3v) is 7.18. The third kappa shape index (κ3) is 3.58. The van der Waals surface area contributed by atoms with E-state index in [1.807, 2.05) is 50.2 Å². The van der Waals surface area contributed by atoms with Crippen molar-refractivity contribution in [3.8, 4) is 0 Å². The van der Waals surface area contributed by atoms with E-state index < -0.39 is 5.92 Å². The number of allylic oxidation sites excluding steroid dienone is 2. The summed E-state index contributed by atoms with van der Waals surface area (Å²) in [4.78, 5) is 32.9. The first-order chi connectivity index (χ1) is 13.9. The number of aliphatic imine (C=N–C) groups is 1. The highest BCUT2D eigenvalue weighted by molar-refractivity contribution is 7.12. The zero-order valence-electron chi connectivity index (χ0n) is 16.6. The van der Waals surface area contributed by atoms with Crippen molar-refractivity contribution in [1.82, 2.24) is 0 Å². The molecule has 0 amide bonds. The fraction of sp³-hybridized carbons (Fsp3) is 0.348. The Kier molecular flexibility index (Phi) is 5.45. The Morgan fingerprint density at radius 1 is 1.17 bits per heavy atom. The van der Waals surface area contributed by atoms with E-state index in [9.17, 15) is 9.59 Å². The first-order valence-corrected chi connectivity index (χ1v) is 10.8. The fourth-order valence-corrected chi connectivity index (χ4v) is 5.76. The van der Waals surface area contributed by atoms with Gasteiger partial charge in [-0.15, -0.1) is 11.3 Å². The molecule has 0 radical (unpaired) electrons. The van der Waals surface area contributed by atoms with Crippen LogP contribution in [0.5, 0.6) is 0 Å². The number of carbonyl (C=O) groups excluding carboxylic acids is 2. The SMILES string of the molecule is COC(=O)C1C(C)=NC2=C(C(=O)CC(c3ccccc3Cl)C2)C1c1ccc(C)s1. The van der Waals surface area contributed by atoms with Gasteiger partial charge < -0.3 is 4.74 Å². The number of benzene rings is 1. The summed E-state index contributed by atoms with van der Waals surface area (Å²) < 4.78 is 5.07. The topological polar surface area (TPSA) is 55.7 Å². The second-order valence-electron chi connectivity index (χ2n) is 7.59. The number of halogens is 1. The highest BCUT2D eigenvalue weighted by Gasteiger charge is 2.45. The number of hydrogen-bond acceptors (Lipinski definition) is 5. The van der Waals surface area contributed by atoms with Crippen LogP contribution in [0.3, 0.4) is 0 Å². The number of methoxy groups -OCH3 is 1. The Hall–Kier alpha value is -2.24. The van der Waals surface area contributed by atoms with Crippen molar-refractivity contribution < 1.29 is 14.3 Å². The fourth-order valence-electron chi connectivity index (χ4n) is 4.45. The number of ketones is 1. The largest absolute Gasteiger partial charge is 0.468 e. The molecule has 2 aliphatic rings. The molecule has 29 heavy (non-hydrogen) atoms. The summed E-state index contributed by atoms with van der Waals surface area (Å²) >= 11 is 8.01. The summed E-state index contributed by atoms with van der Waals surface area (Å²) in [6.07, 6.45) is 1.00. The van der Waals surface area contributed by atoms with E-state index in [0.717, 1.165) is 21.0 Å². The zero-order valence-corrected chi connectivity index (χ0v) is 18.1. The highest BCUT2D eigenvalue weighted by atomic mass is 35.5. The molecular weight excluding hydrogens is 406 g/mol. The van der Waals surface area contributed by atoms with Gasteiger partial charge in [-0.05, 0) is 49.9 Å². The van der Waals surface area contributed by atoms with Gasteiger partial charge in [-0.1, -0.05) is 29.8 Å². The minimum atomic E-state index is -0.572. The van der Waals surface area contributed by atoms with Gasteiger partial charge in [0, 0.05) is 44.1 Å². The monoisotopic (exact) mass is 427 g/mol. The lowest BCUT2D eigenvalue weighted by molar-refractivity contribution is -0.143. The molecule has 2 heterocycles. The van der Waals surface area contributed by atoms with Crippen LogP contribution < -0.4 is 0 Å². The van der Waals surface area contributed by atoms with Crippen molar-refractivity contribution in [2.75, 3.05) is 7.11 Å². The highest BCUT2D eigenvalue weighted by Crippen LogP contribution is 2.48. The van der Waals surface area contributed by atoms with E-state index in [1.54, 1.807) is 11.3 Å². The molecule has 4 rings (SSSR count). The maximum Gasteiger partial charge on any atom is 0.315 e. The third-order valence-electron chi connectivity index (χ3n) is 5.76. The van der Waals surface area contributed by atoms with E-state index in [2.05, 4.69) is 0 Å². The lowest BCUT2D eigenvalue weighted by Gasteiger charge is -2.35. The van der Waals surface area contributed by atoms with Gasteiger partial charge in [0.15, 0.2) is 5.78 Å². The number of carbonyl (C=O) groups is 2. The van der Waals surface area contributed by atoms with Gasteiger partial charge in [-0.25, -0.2) is 0 Å². The quantitative estimate of drug-likeness (QED) is 0.611. The maximum atomic E-state index is 13.4. The molecule has 0 spiro atoms. The first kappa shape index (κ1) is 20.0. The second kappa shape index (κ2) is 7.88. The van der Waals surface area contributed by atoms with Crippen LogP contribution in [0, 0.1) is 12.8 Å². The lowest BCUT2D eigenvalue weighted by Crippen LogP contribution is -2.37. The molecule has 150 valence electrons. The molecule has 0 saturated carbocycles. The van der Waals surface area contributed by atoms with Crippen LogP contribution in [0.2, 0.25) is 5.02 Å². The molecule has 1 aliphatic heterocycles.